The molecular formula is C19H16N2O6. The first kappa shape index (κ1) is 18.1. The van der Waals surface area contributed by atoms with Crippen LogP contribution in [0.1, 0.15) is 17.3 Å². The number of nitro groups is 1. The molecule has 0 fully saturated rings. The third kappa shape index (κ3) is 3.95. The highest BCUT2D eigenvalue weighted by atomic mass is 16.6. The lowest BCUT2D eigenvalue weighted by molar-refractivity contribution is -0.385. The van der Waals surface area contributed by atoms with Gasteiger partial charge in [0.05, 0.1) is 4.92 Å². The maximum Gasteiger partial charge on any atom is 0.344 e. The molecule has 0 bridgehead atoms. The second kappa shape index (κ2) is 7.69. The summed E-state index contributed by atoms with van der Waals surface area (Å²) in [6, 6.07) is 13.0. The van der Waals surface area contributed by atoms with Crippen molar-refractivity contribution in [2.75, 3.05) is 6.61 Å². The van der Waals surface area contributed by atoms with Crippen LogP contribution in [-0.2, 0) is 9.53 Å². The summed E-state index contributed by atoms with van der Waals surface area (Å²) in [4.78, 5) is 37.8. The molecule has 27 heavy (non-hydrogen) atoms. The molecule has 0 aliphatic carbocycles. The number of benzene rings is 2. The number of rotatable bonds is 7. The van der Waals surface area contributed by atoms with Crippen molar-refractivity contribution in [1.29, 1.82) is 0 Å². The molecule has 0 saturated carbocycles. The fraction of sp³-hybridized carbons (Fsp3) is 0.158. The lowest BCUT2D eigenvalue weighted by atomic mass is 10.1. The Labute approximate surface area is 153 Å². The average molecular weight is 368 g/mol. The summed E-state index contributed by atoms with van der Waals surface area (Å²) in [5.41, 5.74) is 0.970. The van der Waals surface area contributed by atoms with Gasteiger partial charge in [0.25, 0.3) is 0 Å². The molecule has 1 N–H and O–H groups in total. The highest BCUT2D eigenvalue weighted by Gasteiger charge is 2.23. The lowest BCUT2D eigenvalue weighted by Crippen LogP contribution is -2.27. The van der Waals surface area contributed by atoms with Crippen molar-refractivity contribution in [3.05, 3.63) is 70.4 Å². The van der Waals surface area contributed by atoms with Gasteiger partial charge in [-0.05, 0) is 19.1 Å². The summed E-state index contributed by atoms with van der Waals surface area (Å²) in [5.74, 6) is -1.20. The second-order valence-electron chi connectivity index (χ2n) is 5.76. The zero-order chi connectivity index (χ0) is 19.4. The van der Waals surface area contributed by atoms with Gasteiger partial charge in [-0.3, -0.25) is 14.9 Å². The number of carbonyl (C=O) groups excluding carboxylic acids is 2. The monoisotopic (exact) mass is 368 g/mol. The number of para-hydroxylation sites is 3. The van der Waals surface area contributed by atoms with E-state index in [1.165, 1.54) is 25.1 Å². The van der Waals surface area contributed by atoms with Crippen LogP contribution in [-0.4, -0.2) is 34.4 Å². The molecule has 138 valence electrons. The molecule has 8 heteroatoms. The Morgan fingerprint density at radius 2 is 1.85 bits per heavy atom. The number of ether oxygens (including phenoxy) is 2. The number of nitrogens with zero attached hydrogens (tertiary/aromatic N) is 1. The second-order valence-corrected chi connectivity index (χ2v) is 5.76. The zero-order valence-electron chi connectivity index (χ0n) is 14.4. The van der Waals surface area contributed by atoms with Crippen molar-refractivity contribution < 1.29 is 24.0 Å². The van der Waals surface area contributed by atoms with Gasteiger partial charge in [-0.1, -0.05) is 30.3 Å². The summed E-state index contributed by atoms with van der Waals surface area (Å²) in [7, 11) is 0. The Hall–Kier alpha value is -3.68. The van der Waals surface area contributed by atoms with Crippen LogP contribution in [0.15, 0.2) is 54.7 Å². The molecule has 1 heterocycles. The number of fused-ring (bicyclic) bond motifs is 1. The van der Waals surface area contributed by atoms with E-state index < -0.39 is 23.6 Å². The first-order valence-corrected chi connectivity index (χ1v) is 8.13. The van der Waals surface area contributed by atoms with Gasteiger partial charge in [0.1, 0.15) is 0 Å². The summed E-state index contributed by atoms with van der Waals surface area (Å²) >= 11 is 0. The van der Waals surface area contributed by atoms with Crippen molar-refractivity contribution in [1.82, 2.24) is 4.98 Å². The number of nitro benzene ring substituents is 1. The minimum atomic E-state index is -1.02. The van der Waals surface area contributed by atoms with E-state index in [0.29, 0.717) is 5.56 Å². The molecule has 0 aliphatic rings. The van der Waals surface area contributed by atoms with Gasteiger partial charge in [-0.2, -0.15) is 0 Å². The van der Waals surface area contributed by atoms with Crippen molar-refractivity contribution in [2.45, 2.75) is 13.0 Å². The summed E-state index contributed by atoms with van der Waals surface area (Å²) in [6.45, 7) is 0.920. The molecular weight excluding hydrogens is 352 g/mol. The molecule has 0 spiro atoms. The minimum Gasteiger partial charge on any atom is -0.475 e. The van der Waals surface area contributed by atoms with E-state index in [4.69, 9.17) is 9.47 Å². The van der Waals surface area contributed by atoms with E-state index in [9.17, 15) is 19.7 Å². The molecule has 3 aromatic rings. The SMILES string of the molecule is C[C@@H](OC(=O)COc1ccccc1[N+](=O)[O-])C(=O)c1c[nH]c2ccccc12. The fourth-order valence-electron chi connectivity index (χ4n) is 2.65. The number of ketones is 1. The standard InChI is InChI=1S/C19H16N2O6/c1-12(19(23)14-10-20-15-7-3-2-6-13(14)15)27-18(22)11-26-17-9-5-4-8-16(17)21(24)25/h2-10,12,20H,11H2,1H3/t12-/m1/s1. The van der Waals surface area contributed by atoms with Crippen LogP contribution in [0.5, 0.6) is 5.75 Å². The number of esters is 1. The van der Waals surface area contributed by atoms with Crippen LogP contribution in [0.4, 0.5) is 5.69 Å². The van der Waals surface area contributed by atoms with Gasteiger partial charge in [0.15, 0.2) is 18.5 Å². The number of nitrogens with one attached hydrogen (secondary N) is 1. The van der Waals surface area contributed by atoms with E-state index in [1.807, 2.05) is 18.2 Å². The highest BCUT2D eigenvalue weighted by molar-refractivity contribution is 6.10. The number of carbonyl (C=O) groups is 2. The van der Waals surface area contributed by atoms with Crippen LogP contribution in [0.2, 0.25) is 0 Å². The Balaban J connectivity index is 1.62. The van der Waals surface area contributed by atoms with Crippen molar-refractivity contribution in [3.63, 3.8) is 0 Å². The normalized spacial score (nSPS) is 11.7. The van der Waals surface area contributed by atoms with Gasteiger partial charge >= 0.3 is 11.7 Å². The third-order valence-electron chi connectivity index (χ3n) is 3.94. The molecule has 1 aromatic heterocycles. The van der Waals surface area contributed by atoms with Crippen LogP contribution in [0.3, 0.4) is 0 Å². The number of Topliss-reactive ketones (excluding diaryl/α,β-unsaturated/α-hetero) is 1. The van der Waals surface area contributed by atoms with E-state index in [0.717, 1.165) is 10.9 Å². The van der Waals surface area contributed by atoms with E-state index in [-0.39, 0.29) is 17.2 Å². The number of aromatic amines is 1. The number of hydrogen-bond acceptors (Lipinski definition) is 6. The average Bonchev–Trinajstić information content (AvgIpc) is 3.10. The minimum absolute atomic E-state index is 0.0462. The molecule has 2 aromatic carbocycles. The van der Waals surface area contributed by atoms with E-state index in [2.05, 4.69) is 4.98 Å². The maximum atomic E-state index is 12.5. The Bertz CT molecular complexity index is 1010. The Kier molecular flexibility index (Phi) is 5.16. The third-order valence-corrected chi connectivity index (χ3v) is 3.94. The van der Waals surface area contributed by atoms with Gasteiger partial charge < -0.3 is 14.5 Å². The smallest absolute Gasteiger partial charge is 0.344 e. The Morgan fingerprint density at radius 3 is 2.63 bits per heavy atom. The van der Waals surface area contributed by atoms with Gasteiger partial charge in [0.2, 0.25) is 5.78 Å². The van der Waals surface area contributed by atoms with Crippen LogP contribution < -0.4 is 4.74 Å². The molecule has 0 unspecified atom stereocenters. The predicted molar refractivity (Wildman–Crippen MR) is 96.8 cm³/mol. The van der Waals surface area contributed by atoms with Crippen LogP contribution in [0, 0.1) is 10.1 Å². The predicted octanol–water partition coefficient (Wildman–Crippen LogP) is 3.27. The van der Waals surface area contributed by atoms with Gasteiger partial charge in [-0.25, -0.2) is 4.79 Å². The molecule has 1 atom stereocenters. The summed E-state index contributed by atoms with van der Waals surface area (Å²) < 4.78 is 10.3. The molecule has 8 nitrogen and oxygen atoms in total. The van der Waals surface area contributed by atoms with Crippen molar-refractivity contribution in [3.8, 4) is 5.75 Å². The van der Waals surface area contributed by atoms with E-state index >= 15 is 0 Å². The topological polar surface area (TPSA) is 112 Å². The Morgan fingerprint density at radius 1 is 1.15 bits per heavy atom. The quantitative estimate of drug-likeness (QED) is 0.296. The maximum absolute atomic E-state index is 12.5. The van der Waals surface area contributed by atoms with Crippen molar-refractivity contribution >= 4 is 28.3 Å². The van der Waals surface area contributed by atoms with Crippen LogP contribution >= 0.6 is 0 Å². The largest absolute Gasteiger partial charge is 0.475 e. The molecule has 0 saturated heterocycles. The first-order valence-electron chi connectivity index (χ1n) is 8.13. The van der Waals surface area contributed by atoms with Gasteiger partial charge in [0, 0.05) is 28.7 Å². The van der Waals surface area contributed by atoms with Crippen LogP contribution in [0.25, 0.3) is 10.9 Å². The van der Waals surface area contributed by atoms with E-state index in [1.54, 1.807) is 18.3 Å². The number of H-pyrrole nitrogens is 1. The molecule has 0 radical (unpaired) electrons. The highest BCUT2D eigenvalue weighted by Crippen LogP contribution is 2.25. The summed E-state index contributed by atoms with van der Waals surface area (Å²) in [6.07, 6.45) is 0.548. The van der Waals surface area contributed by atoms with Gasteiger partial charge in [-0.15, -0.1) is 0 Å². The molecule has 0 aliphatic heterocycles. The zero-order valence-corrected chi connectivity index (χ0v) is 14.4. The summed E-state index contributed by atoms with van der Waals surface area (Å²) in [5, 5.41) is 11.7. The number of aromatic nitrogens is 1. The molecule has 3 rings (SSSR count). The van der Waals surface area contributed by atoms with Crippen molar-refractivity contribution in [2.24, 2.45) is 0 Å². The first-order chi connectivity index (χ1) is 13.0. The molecule has 0 amide bonds. The fourth-order valence-corrected chi connectivity index (χ4v) is 2.65. The number of hydrogen-bond donors (Lipinski definition) is 1. The lowest BCUT2D eigenvalue weighted by Gasteiger charge is -2.12.